The minimum atomic E-state index is -4.10. The minimum Gasteiger partial charge on any atom is -0.492 e. The van der Waals surface area contributed by atoms with Gasteiger partial charge in [0, 0.05) is 63.0 Å². The summed E-state index contributed by atoms with van der Waals surface area (Å²) in [5, 5.41) is 22.4. The summed E-state index contributed by atoms with van der Waals surface area (Å²) < 4.78 is 71.7. The van der Waals surface area contributed by atoms with E-state index in [1.54, 1.807) is 58.0 Å². The molecule has 8 aromatic rings. The predicted molar refractivity (Wildman–Crippen MR) is 391 cm³/mol. The zero-order chi connectivity index (χ0) is 71.4. The number of aromatic nitrogens is 8. The number of rotatable bonds is 37. The Labute approximate surface area is 603 Å². The van der Waals surface area contributed by atoms with Gasteiger partial charge in [-0.1, -0.05) is 79.6 Å². The Bertz CT molecular complexity index is 4330. The number of carbonyl (C=O) groups is 3. The summed E-state index contributed by atoms with van der Waals surface area (Å²) in [4.78, 5) is 87.9. The van der Waals surface area contributed by atoms with Crippen LogP contribution in [0.2, 0.25) is 0 Å². The Morgan fingerprint density at radius 2 is 1.45 bits per heavy atom. The molecule has 4 aromatic heterocycles. The van der Waals surface area contributed by atoms with Crippen molar-refractivity contribution in [1.82, 2.24) is 49.7 Å². The van der Waals surface area contributed by atoms with E-state index in [9.17, 15) is 38.2 Å². The number of carbonyl (C=O) groups excluding carboxylic acids is 3. The Balaban J connectivity index is 0.614. The number of hydrogen-bond donors (Lipinski definition) is 8. The summed E-state index contributed by atoms with van der Waals surface area (Å²) in [6, 6.07) is 28.7. The van der Waals surface area contributed by atoms with Gasteiger partial charge in [0.15, 0.2) is 51.6 Å². The van der Waals surface area contributed by atoms with Gasteiger partial charge >= 0.3 is 19.9 Å². The molecule has 2 saturated heterocycles. The summed E-state index contributed by atoms with van der Waals surface area (Å²) in [6.07, 6.45) is 9.89. The van der Waals surface area contributed by atoms with Crippen molar-refractivity contribution in [3.8, 4) is 11.5 Å². The van der Waals surface area contributed by atoms with E-state index in [4.69, 9.17) is 61.9 Å². The lowest BCUT2D eigenvalue weighted by molar-refractivity contribution is -0.122. The van der Waals surface area contributed by atoms with Crippen molar-refractivity contribution < 1.29 is 70.8 Å². The number of nitrogens with one attached hydrogen (secondary N) is 4. The first-order valence-corrected chi connectivity index (χ1v) is 40.3. The van der Waals surface area contributed by atoms with Crippen LogP contribution in [-0.4, -0.2) is 149 Å². The van der Waals surface area contributed by atoms with Crippen LogP contribution in [0.25, 0.3) is 33.7 Å². The summed E-state index contributed by atoms with van der Waals surface area (Å²) >= 11 is 10.5. The fraction of sp³-hybridized carbons (Fsp3) is 0.388. The second kappa shape index (κ2) is 37.0. The number of amides is 2. The summed E-state index contributed by atoms with van der Waals surface area (Å²) in [5.41, 5.74) is 14.1. The molecule has 28 nitrogen and oxygen atoms in total. The van der Waals surface area contributed by atoms with Crippen LogP contribution in [0.15, 0.2) is 135 Å². The number of fused-ring (bicyclic) bond motifs is 4. The molecule has 4 aromatic carbocycles. The SMILES string of the molecule is NC1=C(NCCOc2ccc(C(=O)Oc3ccc(CS[P+](=O)OC4CC(n5cnc6c(NCC=CCNc7ncnc8c7ncn8C7OC(CO)CC7F)ncnc65)OC4COP(O)(O)=S)cc3)cc2)c2ccccc2CN(C(=O)CCCCC(=O)NCCCCCCOP=S)c2ccccc21. The molecule has 9 N–H and O–H groups in total. The van der Waals surface area contributed by atoms with Crippen LogP contribution in [0.1, 0.15) is 109 Å². The third-order valence-corrected chi connectivity index (χ3v) is 20.7. The van der Waals surface area contributed by atoms with Gasteiger partial charge in [0.1, 0.15) is 63.0 Å². The molecule has 0 spiro atoms. The van der Waals surface area contributed by atoms with E-state index < -0.39 is 56.9 Å². The molecule has 3 aliphatic heterocycles. The Morgan fingerprint density at radius 1 is 0.775 bits per heavy atom. The van der Waals surface area contributed by atoms with Crippen molar-refractivity contribution in [1.29, 1.82) is 0 Å². The lowest BCUT2D eigenvalue weighted by Crippen LogP contribution is -2.34. The standard InChI is InChI=1S/C67H76FN14O14P3S3/c68-51-33-48(36-83)93-66(51)82-42-79-61-63(75-40-77-65(61)82)73-29-11-10-28-72-62-60-64(76-39-74-62)81(41-78-60)57-34-53(54(95-57)37-92-99(88,89)101)96-98(87)102-38-43-19-23-47(24-20-43)94-67(86)44-21-25-46(26-22-44)90-32-30-71-59-49-14-4-3-13-45(49)35-80(52-16-6-5-15-50(52)58(59)69)56(85)18-8-7-17-55(84)70-27-9-1-2-12-31-91-97-100/h3-6,10-11,13-16,19-26,39-42,48,51,53-54,57,66,71,83H,1-2,7-9,12,17-18,27-38,69H2,(H4-,70,72,73,74,75,76,77,84,88,89,101)/p+1. The number of anilines is 3. The van der Waals surface area contributed by atoms with Crippen LogP contribution in [-0.2, 0) is 73.1 Å². The fourth-order valence-electron chi connectivity index (χ4n) is 11.8. The number of benzene rings is 4. The average molecular weight is 1510 g/mol. The van der Waals surface area contributed by atoms with Crippen molar-refractivity contribution in [2.24, 2.45) is 5.73 Å². The highest BCUT2D eigenvalue weighted by Crippen LogP contribution is 2.48. The van der Waals surface area contributed by atoms with Gasteiger partial charge in [-0.25, -0.2) is 39.1 Å². The van der Waals surface area contributed by atoms with Gasteiger partial charge in [0.05, 0.1) is 73.5 Å². The number of aliphatic hydroxyl groups excluding tert-OH is 1. The second-order valence-corrected chi connectivity index (χ2v) is 30.3. The first-order valence-electron chi connectivity index (χ1n) is 33.1. The molecule has 7 unspecified atom stereocenters. The van der Waals surface area contributed by atoms with Crippen LogP contribution >= 0.6 is 32.9 Å². The zero-order valence-electron chi connectivity index (χ0n) is 55.2. The summed E-state index contributed by atoms with van der Waals surface area (Å²) in [6.45, 7) is -1.83. The maximum absolute atomic E-state index is 14.8. The largest absolute Gasteiger partial charge is 0.586 e. The Morgan fingerprint density at radius 3 is 2.17 bits per heavy atom. The lowest BCUT2D eigenvalue weighted by atomic mass is 9.95. The van der Waals surface area contributed by atoms with Gasteiger partial charge in [0.2, 0.25) is 11.8 Å². The van der Waals surface area contributed by atoms with E-state index >= 15 is 0 Å². The smallest absolute Gasteiger partial charge is 0.492 e. The molecule has 0 aliphatic carbocycles. The number of aliphatic hydroxyl groups is 1. The molecule has 2 amide bonds. The van der Waals surface area contributed by atoms with E-state index in [0.29, 0.717) is 140 Å². The molecular weight excluding hydrogens is 1430 g/mol. The molecule has 538 valence electrons. The van der Waals surface area contributed by atoms with Crippen molar-refractivity contribution in [2.75, 3.05) is 68.1 Å². The number of imidazole rings is 2. The number of hydrogen-bond acceptors (Lipinski definition) is 25. The van der Waals surface area contributed by atoms with E-state index in [1.165, 1.54) is 29.9 Å². The molecule has 3 aliphatic rings. The van der Waals surface area contributed by atoms with Crippen LogP contribution in [0.5, 0.6) is 11.5 Å². The number of alkyl halides is 1. The molecule has 35 heteroatoms. The molecular formula is C67H77FN14O14P3S3+. The number of ether oxygens (including phenoxy) is 4. The van der Waals surface area contributed by atoms with Gasteiger partial charge in [0.25, 0.3) is 0 Å². The lowest BCUT2D eigenvalue weighted by Gasteiger charge is -2.30. The number of para-hydroxylation sites is 1. The topological polar surface area (TPSA) is 358 Å². The Hall–Kier alpha value is -7.90. The molecule has 7 heterocycles. The minimum absolute atomic E-state index is 0.0123. The van der Waals surface area contributed by atoms with Crippen molar-refractivity contribution >= 4 is 125 Å². The molecule has 7 atom stereocenters. The van der Waals surface area contributed by atoms with E-state index in [-0.39, 0.29) is 56.7 Å². The molecule has 0 bridgehead atoms. The number of esters is 1. The van der Waals surface area contributed by atoms with E-state index in [2.05, 4.69) is 51.2 Å². The highest BCUT2D eigenvalue weighted by molar-refractivity contribution is 8.49. The normalized spacial score (nSPS) is 18.5. The zero-order valence-corrected chi connectivity index (χ0v) is 60.3. The maximum Gasteiger partial charge on any atom is 0.586 e. The van der Waals surface area contributed by atoms with Crippen molar-refractivity contribution in [3.63, 3.8) is 0 Å². The van der Waals surface area contributed by atoms with Gasteiger partial charge in [-0.15, -0.1) is 4.52 Å². The molecule has 2 fully saturated rings. The predicted octanol–water partition coefficient (Wildman–Crippen LogP) is 10.2. The van der Waals surface area contributed by atoms with Gasteiger partial charge in [-0.3, -0.25) is 18.7 Å². The molecule has 0 saturated carbocycles. The summed E-state index contributed by atoms with van der Waals surface area (Å²) in [5.74, 6) is 1.29. The third-order valence-electron chi connectivity index (χ3n) is 16.9. The number of nitrogens with zero attached hydrogens (tertiary/aromatic N) is 9. The molecule has 102 heavy (non-hydrogen) atoms. The Kier molecular flexibility index (Phi) is 27.3. The third kappa shape index (κ3) is 20.3. The van der Waals surface area contributed by atoms with Crippen LogP contribution in [0.3, 0.4) is 0 Å². The fourth-order valence-corrected chi connectivity index (χ4v) is 15.0. The number of halogens is 1. The first-order chi connectivity index (χ1) is 49.6. The van der Waals surface area contributed by atoms with E-state index in [0.717, 1.165) is 53.8 Å². The van der Waals surface area contributed by atoms with Crippen LogP contribution in [0.4, 0.5) is 21.7 Å². The highest BCUT2D eigenvalue weighted by Gasteiger charge is 2.44. The van der Waals surface area contributed by atoms with Gasteiger partial charge in [-0.2, -0.15) is 0 Å². The van der Waals surface area contributed by atoms with Gasteiger partial charge in [-0.05, 0) is 107 Å². The van der Waals surface area contributed by atoms with Crippen molar-refractivity contribution in [3.05, 3.63) is 162 Å². The van der Waals surface area contributed by atoms with Gasteiger partial charge < -0.3 is 74.8 Å². The van der Waals surface area contributed by atoms with Crippen LogP contribution < -0.4 is 41.4 Å². The highest BCUT2D eigenvalue weighted by atomic mass is 32.7. The van der Waals surface area contributed by atoms with Crippen molar-refractivity contribution in [2.45, 2.75) is 113 Å². The molecule has 11 rings (SSSR count). The first kappa shape index (κ1) is 75.3. The maximum atomic E-state index is 14.8. The quantitative estimate of drug-likeness (QED) is 0.00590. The van der Waals surface area contributed by atoms with Crippen LogP contribution in [0, 0.1) is 0 Å². The summed E-state index contributed by atoms with van der Waals surface area (Å²) in [7, 11) is -1.85. The monoisotopic (exact) mass is 1510 g/mol. The average Bonchev–Trinajstić information content (AvgIpc) is 1.25. The second-order valence-electron chi connectivity index (χ2n) is 23.9. The van der Waals surface area contributed by atoms with E-state index in [1.807, 2.05) is 60.7 Å². The molecule has 0 radical (unpaired) electrons. The number of nitrogens with two attached hydrogens (primary N) is 1. The number of unbranched alkanes of at least 4 members (excludes halogenated alkanes) is 4.